The molecular weight excluding hydrogens is 284 g/mol. The topological polar surface area (TPSA) is 71.2 Å². The second kappa shape index (κ2) is 6.36. The molecular formula is C16H20N2O4. The van der Waals surface area contributed by atoms with Gasteiger partial charge in [-0.3, -0.25) is 4.79 Å². The van der Waals surface area contributed by atoms with Gasteiger partial charge in [0.15, 0.2) is 0 Å². The largest absolute Gasteiger partial charge is 0.445 e. The number of likely N-dealkylation sites (tertiary alicyclic amines) is 1. The van der Waals surface area contributed by atoms with Crippen molar-refractivity contribution in [2.24, 2.45) is 0 Å². The Bertz CT molecular complexity index is 532. The zero-order chi connectivity index (χ0) is 15.4. The Hall–Kier alpha value is -2.08. The molecule has 2 aliphatic rings. The lowest BCUT2D eigenvalue weighted by Gasteiger charge is -2.30. The van der Waals surface area contributed by atoms with Crippen molar-refractivity contribution in [1.82, 2.24) is 10.2 Å². The predicted octanol–water partition coefficient (Wildman–Crippen LogP) is 1.30. The van der Waals surface area contributed by atoms with E-state index in [1.165, 1.54) is 0 Å². The Morgan fingerprint density at radius 1 is 1.23 bits per heavy atom. The first-order valence-electron chi connectivity index (χ1n) is 7.53. The minimum absolute atomic E-state index is 0.0263. The Balaban J connectivity index is 1.35. The first-order chi connectivity index (χ1) is 10.7. The summed E-state index contributed by atoms with van der Waals surface area (Å²) in [6.45, 7) is 2.38. The highest BCUT2D eigenvalue weighted by molar-refractivity contribution is 5.82. The summed E-state index contributed by atoms with van der Waals surface area (Å²) >= 11 is 0. The molecule has 0 aromatic heterocycles. The number of carbonyl (C=O) groups excluding carboxylic acids is 2. The van der Waals surface area contributed by atoms with E-state index in [9.17, 15) is 9.59 Å². The van der Waals surface area contributed by atoms with Crippen LogP contribution >= 0.6 is 0 Å². The van der Waals surface area contributed by atoms with Crippen molar-refractivity contribution < 1.29 is 19.1 Å². The third kappa shape index (κ3) is 3.76. The first kappa shape index (κ1) is 14.8. The highest BCUT2D eigenvalue weighted by Crippen LogP contribution is 2.37. The number of benzene rings is 1. The molecule has 2 amide bonds. The maximum atomic E-state index is 12.0. The van der Waals surface area contributed by atoms with E-state index in [0.717, 1.165) is 25.0 Å². The van der Waals surface area contributed by atoms with Crippen LogP contribution in [0.3, 0.4) is 0 Å². The number of hydrogen-bond donors (Lipinski definition) is 1. The number of carbonyl (C=O) groups is 2. The third-order valence-corrected chi connectivity index (χ3v) is 4.18. The summed E-state index contributed by atoms with van der Waals surface area (Å²) in [5.74, 6) is -0.0767. The van der Waals surface area contributed by atoms with Crippen LogP contribution < -0.4 is 5.32 Å². The van der Waals surface area contributed by atoms with Crippen LogP contribution in [0.5, 0.6) is 0 Å². The van der Waals surface area contributed by atoms with E-state index in [1.54, 1.807) is 4.90 Å². The normalized spacial score (nSPS) is 18.8. The average Bonchev–Trinajstić information content (AvgIpc) is 3.31. The van der Waals surface area contributed by atoms with E-state index in [-0.39, 0.29) is 24.7 Å². The summed E-state index contributed by atoms with van der Waals surface area (Å²) in [7, 11) is 0. The van der Waals surface area contributed by atoms with Crippen molar-refractivity contribution in [1.29, 1.82) is 0 Å². The number of hydrogen-bond acceptors (Lipinski definition) is 4. The molecule has 0 unspecified atom stereocenters. The number of nitrogens with one attached hydrogen (secondary N) is 1. The van der Waals surface area contributed by atoms with Gasteiger partial charge in [0.25, 0.3) is 0 Å². The number of alkyl carbamates (subject to hydrolysis) is 1. The van der Waals surface area contributed by atoms with Gasteiger partial charge in [-0.1, -0.05) is 30.3 Å². The zero-order valence-electron chi connectivity index (χ0n) is 12.4. The second-order valence-corrected chi connectivity index (χ2v) is 5.77. The highest BCUT2D eigenvalue weighted by Gasteiger charge is 2.47. The molecule has 3 rings (SSSR count). The molecule has 6 nitrogen and oxygen atoms in total. The number of epoxide rings is 1. The fourth-order valence-electron chi connectivity index (χ4n) is 2.59. The monoisotopic (exact) mass is 304 g/mol. The maximum Gasteiger partial charge on any atom is 0.407 e. The van der Waals surface area contributed by atoms with Gasteiger partial charge in [0.2, 0.25) is 5.91 Å². The van der Waals surface area contributed by atoms with Gasteiger partial charge in [0, 0.05) is 13.1 Å². The van der Waals surface area contributed by atoms with Crippen LogP contribution in [-0.4, -0.2) is 48.7 Å². The molecule has 2 fully saturated rings. The van der Waals surface area contributed by atoms with Crippen LogP contribution in [0.15, 0.2) is 30.3 Å². The molecule has 0 radical (unpaired) electrons. The first-order valence-corrected chi connectivity index (χ1v) is 7.53. The summed E-state index contributed by atoms with van der Waals surface area (Å²) in [6, 6.07) is 9.42. The highest BCUT2D eigenvalue weighted by atomic mass is 16.6. The van der Waals surface area contributed by atoms with Gasteiger partial charge in [-0.05, 0) is 18.4 Å². The molecule has 2 saturated heterocycles. The number of ether oxygens (including phenoxy) is 2. The Labute approximate surface area is 129 Å². The molecule has 1 spiro atoms. The van der Waals surface area contributed by atoms with Gasteiger partial charge in [-0.15, -0.1) is 0 Å². The smallest absolute Gasteiger partial charge is 0.407 e. The standard InChI is InChI=1S/C16H20N2O4/c19-14(18-8-6-16(7-9-18)12-22-16)10-17-15(20)21-11-13-4-2-1-3-5-13/h1-5H,6-12H2,(H,17,20). The minimum Gasteiger partial charge on any atom is -0.445 e. The minimum atomic E-state index is -0.573. The lowest BCUT2D eigenvalue weighted by atomic mass is 9.98. The molecule has 118 valence electrons. The number of piperidine rings is 1. The van der Waals surface area contributed by atoms with E-state index in [1.807, 2.05) is 30.3 Å². The van der Waals surface area contributed by atoms with Crippen LogP contribution in [0, 0.1) is 0 Å². The van der Waals surface area contributed by atoms with Crippen molar-refractivity contribution >= 4 is 12.0 Å². The summed E-state index contributed by atoms with van der Waals surface area (Å²) in [4.78, 5) is 25.4. The van der Waals surface area contributed by atoms with Gasteiger partial charge in [0.1, 0.15) is 13.2 Å². The van der Waals surface area contributed by atoms with Crippen LogP contribution in [0.1, 0.15) is 18.4 Å². The van der Waals surface area contributed by atoms with Gasteiger partial charge in [0.05, 0.1) is 12.2 Å². The maximum absolute atomic E-state index is 12.0. The molecule has 1 N–H and O–H groups in total. The second-order valence-electron chi connectivity index (χ2n) is 5.77. The molecule has 22 heavy (non-hydrogen) atoms. The van der Waals surface area contributed by atoms with Crippen molar-refractivity contribution in [3.63, 3.8) is 0 Å². The summed E-state index contributed by atoms with van der Waals surface area (Å²) < 4.78 is 10.5. The fraction of sp³-hybridized carbons (Fsp3) is 0.500. The SMILES string of the molecule is O=C(NCC(=O)N1CCC2(CC1)CO2)OCc1ccccc1. The van der Waals surface area contributed by atoms with Crippen molar-refractivity contribution in [3.05, 3.63) is 35.9 Å². The van der Waals surface area contributed by atoms with E-state index in [2.05, 4.69) is 5.32 Å². The van der Waals surface area contributed by atoms with Crippen LogP contribution in [0.25, 0.3) is 0 Å². The van der Waals surface area contributed by atoms with Gasteiger partial charge in [-0.25, -0.2) is 4.79 Å². The molecule has 0 bridgehead atoms. The molecule has 0 aliphatic carbocycles. The third-order valence-electron chi connectivity index (χ3n) is 4.18. The summed E-state index contributed by atoms with van der Waals surface area (Å²) in [5, 5.41) is 2.50. The quantitative estimate of drug-likeness (QED) is 0.851. The Morgan fingerprint density at radius 2 is 1.91 bits per heavy atom. The molecule has 0 saturated carbocycles. The fourth-order valence-corrected chi connectivity index (χ4v) is 2.59. The lowest BCUT2D eigenvalue weighted by molar-refractivity contribution is -0.131. The van der Waals surface area contributed by atoms with Crippen molar-refractivity contribution in [2.75, 3.05) is 26.2 Å². The van der Waals surface area contributed by atoms with Crippen LogP contribution in [0.4, 0.5) is 4.79 Å². The average molecular weight is 304 g/mol. The summed E-state index contributed by atoms with van der Waals surface area (Å²) in [6.07, 6.45) is 1.20. The van der Waals surface area contributed by atoms with E-state index in [0.29, 0.717) is 13.1 Å². The van der Waals surface area contributed by atoms with Crippen molar-refractivity contribution in [3.8, 4) is 0 Å². The molecule has 1 aromatic carbocycles. The predicted molar refractivity (Wildman–Crippen MR) is 79.1 cm³/mol. The summed E-state index contributed by atoms with van der Waals surface area (Å²) in [5.41, 5.74) is 0.966. The van der Waals surface area contributed by atoms with E-state index < -0.39 is 6.09 Å². The van der Waals surface area contributed by atoms with Crippen LogP contribution in [0.2, 0.25) is 0 Å². The number of nitrogens with zero attached hydrogens (tertiary/aromatic N) is 1. The van der Waals surface area contributed by atoms with E-state index >= 15 is 0 Å². The van der Waals surface area contributed by atoms with Crippen LogP contribution in [-0.2, 0) is 20.9 Å². The lowest BCUT2D eigenvalue weighted by Crippen LogP contribution is -2.46. The molecule has 0 atom stereocenters. The van der Waals surface area contributed by atoms with Gasteiger partial charge < -0.3 is 19.7 Å². The molecule has 2 aliphatic heterocycles. The van der Waals surface area contributed by atoms with Crippen molar-refractivity contribution in [2.45, 2.75) is 25.0 Å². The number of rotatable bonds is 4. The molecule has 1 aromatic rings. The van der Waals surface area contributed by atoms with E-state index in [4.69, 9.17) is 9.47 Å². The number of amides is 2. The van der Waals surface area contributed by atoms with Gasteiger partial charge >= 0.3 is 6.09 Å². The Kier molecular flexibility index (Phi) is 4.29. The van der Waals surface area contributed by atoms with Gasteiger partial charge in [-0.2, -0.15) is 0 Å². The molecule has 6 heteroatoms. The molecule has 2 heterocycles. The zero-order valence-corrected chi connectivity index (χ0v) is 12.4. The Morgan fingerprint density at radius 3 is 2.55 bits per heavy atom.